The first-order valence-electron chi connectivity index (χ1n) is 12.2. The van der Waals surface area contributed by atoms with Crippen LogP contribution in [0.4, 0.5) is 24.7 Å². The number of rotatable bonds is 6. The van der Waals surface area contributed by atoms with Crippen LogP contribution in [-0.2, 0) is 6.18 Å². The van der Waals surface area contributed by atoms with Gasteiger partial charge in [0.25, 0.3) is 5.91 Å². The van der Waals surface area contributed by atoms with Crippen molar-refractivity contribution >= 4 is 17.4 Å². The highest BCUT2D eigenvalue weighted by Crippen LogP contribution is 2.36. The average molecular weight is 527 g/mol. The van der Waals surface area contributed by atoms with E-state index in [4.69, 9.17) is 8.94 Å². The van der Waals surface area contributed by atoms with Crippen molar-refractivity contribution in [2.45, 2.75) is 44.7 Å². The van der Waals surface area contributed by atoms with Gasteiger partial charge in [-0.05, 0) is 37.1 Å². The van der Waals surface area contributed by atoms with E-state index in [0.717, 1.165) is 25.9 Å². The Kier molecular flexibility index (Phi) is 6.87. The molecule has 1 N–H and O–H groups in total. The molecule has 5 rings (SSSR count). The van der Waals surface area contributed by atoms with E-state index in [1.807, 2.05) is 13.8 Å². The van der Waals surface area contributed by atoms with Crippen molar-refractivity contribution in [1.82, 2.24) is 20.1 Å². The molecule has 1 aliphatic rings. The minimum Gasteiger partial charge on any atom is -0.431 e. The third-order valence-corrected chi connectivity index (χ3v) is 6.27. The summed E-state index contributed by atoms with van der Waals surface area (Å²) in [5, 5.41) is 6.47. The molecule has 1 amide bonds. The van der Waals surface area contributed by atoms with Gasteiger partial charge in [-0.2, -0.15) is 18.2 Å². The highest BCUT2D eigenvalue weighted by molar-refractivity contribution is 6.04. The number of amides is 1. The molecule has 4 heterocycles. The molecule has 1 aromatic carbocycles. The number of nitrogens with zero attached hydrogens (tertiary/aromatic N) is 5. The Morgan fingerprint density at radius 1 is 1.08 bits per heavy atom. The van der Waals surface area contributed by atoms with Crippen LogP contribution in [0.5, 0.6) is 0 Å². The summed E-state index contributed by atoms with van der Waals surface area (Å²) < 4.78 is 51.1. The Morgan fingerprint density at radius 2 is 1.82 bits per heavy atom. The van der Waals surface area contributed by atoms with E-state index in [1.165, 1.54) is 6.20 Å². The lowest BCUT2D eigenvalue weighted by atomic mass is 9.96. The number of aromatic nitrogens is 4. The third kappa shape index (κ3) is 5.38. The van der Waals surface area contributed by atoms with Gasteiger partial charge >= 0.3 is 6.18 Å². The zero-order valence-corrected chi connectivity index (χ0v) is 20.7. The summed E-state index contributed by atoms with van der Waals surface area (Å²) in [7, 11) is 0. The van der Waals surface area contributed by atoms with Crippen LogP contribution in [0.1, 0.15) is 66.5 Å². The Morgan fingerprint density at radius 3 is 2.42 bits per heavy atom. The van der Waals surface area contributed by atoms with Gasteiger partial charge in [-0.25, -0.2) is 9.97 Å². The SMILES string of the molecule is CC(C)c1noc(C2CCN(c3ccc(NC(=O)c4nc(-c5ccccc5)oc4C(F)(F)F)cn3)CC2)n1. The summed E-state index contributed by atoms with van der Waals surface area (Å²) in [5.74, 6) is -0.365. The molecule has 1 aliphatic heterocycles. The normalized spacial score (nSPS) is 14.7. The number of oxazole rings is 1. The number of pyridine rings is 1. The number of nitrogens with one attached hydrogen (secondary N) is 1. The summed E-state index contributed by atoms with van der Waals surface area (Å²) in [6.45, 7) is 5.47. The standard InChI is InChI=1S/C26H25F3N6O3/c1-15(2)22-33-25(38-34-22)17-10-12-35(13-11-17)19-9-8-18(14-30-19)31-23(36)20-21(26(27,28)29)37-24(32-20)16-6-4-3-5-7-16/h3-9,14-15,17H,10-13H2,1-2H3,(H,31,36). The number of hydrogen-bond donors (Lipinski definition) is 1. The first-order chi connectivity index (χ1) is 18.2. The molecular formula is C26H25F3N6O3. The number of alkyl halides is 3. The number of hydrogen-bond acceptors (Lipinski definition) is 8. The van der Waals surface area contributed by atoms with Crippen LogP contribution in [0.15, 0.2) is 57.6 Å². The van der Waals surface area contributed by atoms with Gasteiger partial charge in [0.15, 0.2) is 11.5 Å². The van der Waals surface area contributed by atoms with Crippen molar-refractivity contribution < 1.29 is 26.9 Å². The molecule has 1 saturated heterocycles. The highest BCUT2D eigenvalue weighted by atomic mass is 19.4. The largest absolute Gasteiger partial charge is 0.452 e. The Balaban J connectivity index is 1.24. The molecule has 12 heteroatoms. The molecule has 38 heavy (non-hydrogen) atoms. The van der Waals surface area contributed by atoms with Crippen LogP contribution >= 0.6 is 0 Å². The predicted molar refractivity (Wildman–Crippen MR) is 132 cm³/mol. The van der Waals surface area contributed by atoms with Gasteiger partial charge in [0.05, 0.1) is 11.9 Å². The van der Waals surface area contributed by atoms with Crippen molar-refractivity contribution in [2.24, 2.45) is 0 Å². The minimum absolute atomic E-state index is 0.177. The van der Waals surface area contributed by atoms with Gasteiger partial charge in [0.2, 0.25) is 17.5 Å². The predicted octanol–water partition coefficient (Wildman–Crippen LogP) is 5.90. The maximum absolute atomic E-state index is 13.6. The van der Waals surface area contributed by atoms with Crippen molar-refractivity contribution in [3.05, 3.63) is 71.8 Å². The molecule has 0 aliphatic carbocycles. The van der Waals surface area contributed by atoms with Crippen LogP contribution in [0.25, 0.3) is 11.5 Å². The third-order valence-electron chi connectivity index (χ3n) is 6.27. The van der Waals surface area contributed by atoms with Crippen molar-refractivity contribution in [3.63, 3.8) is 0 Å². The lowest BCUT2D eigenvalue weighted by Gasteiger charge is -2.31. The Bertz CT molecular complexity index is 1390. The fourth-order valence-corrected chi connectivity index (χ4v) is 4.21. The maximum atomic E-state index is 13.6. The van der Waals surface area contributed by atoms with Crippen molar-refractivity contribution in [2.75, 3.05) is 23.3 Å². The first-order valence-corrected chi connectivity index (χ1v) is 12.2. The fourth-order valence-electron chi connectivity index (χ4n) is 4.21. The Hall–Kier alpha value is -4.22. The molecule has 0 unspecified atom stereocenters. The van der Waals surface area contributed by atoms with Crippen LogP contribution in [0.2, 0.25) is 0 Å². The number of carbonyl (C=O) groups excluding carboxylic acids is 1. The molecule has 0 saturated carbocycles. The molecule has 1 fully saturated rings. The van der Waals surface area contributed by atoms with Crippen LogP contribution in [-0.4, -0.2) is 39.1 Å². The highest BCUT2D eigenvalue weighted by Gasteiger charge is 2.42. The van der Waals surface area contributed by atoms with Gasteiger partial charge in [-0.1, -0.05) is 37.2 Å². The second-order valence-corrected chi connectivity index (χ2v) is 9.33. The van der Waals surface area contributed by atoms with Crippen LogP contribution < -0.4 is 10.2 Å². The lowest BCUT2D eigenvalue weighted by Crippen LogP contribution is -2.33. The van der Waals surface area contributed by atoms with E-state index in [0.29, 0.717) is 23.1 Å². The van der Waals surface area contributed by atoms with Gasteiger partial charge in [-0.15, -0.1) is 0 Å². The monoisotopic (exact) mass is 526 g/mol. The average Bonchev–Trinajstić information content (AvgIpc) is 3.59. The van der Waals surface area contributed by atoms with Gasteiger partial charge in [0.1, 0.15) is 5.82 Å². The minimum atomic E-state index is -4.89. The molecule has 0 bridgehead atoms. The van der Waals surface area contributed by atoms with Crippen molar-refractivity contribution in [3.8, 4) is 11.5 Å². The molecule has 0 spiro atoms. The second kappa shape index (κ2) is 10.3. The number of halogens is 3. The summed E-state index contributed by atoms with van der Waals surface area (Å²) in [6.07, 6.45) is -1.86. The molecule has 3 aromatic heterocycles. The summed E-state index contributed by atoms with van der Waals surface area (Å²) in [4.78, 5) is 27.6. The first kappa shape index (κ1) is 25.4. The number of benzene rings is 1. The quantitative estimate of drug-likeness (QED) is 0.331. The topological polar surface area (TPSA) is 110 Å². The number of piperidine rings is 1. The van der Waals surface area contributed by atoms with Crippen LogP contribution in [0.3, 0.4) is 0 Å². The number of carbonyl (C=O) groups is 1. The van der Waals surface area contributed by atoms with Gasteiger partial charge in [-0.3, -0.25) is 4.79 Å². The molecule has 198 valence electrons. The van der Waals surface area contributed by atoms with Gasteiger partial charge < -0.3 is 19.2 Å². The molecule has 0 atom stereocenters. The smallest absolute Gasteiger partial charge is 0.431 e. The zero-order valence-electron chi connectivity index (χ0n) is 20.7. The van der Waals surface area contributed by atoms with Crippen LogP contribution in [0, 0.1) is 0 Å². The summed E-state index contributed by atoms with van der Waals surface area (Å²) >= 11 is 0. The maximum Gasteiger partial charge on any atom is 0.452 e. The molecular weight excluding hydrogens is 501 g/mol. The lowest BCUT2D eigenvalue weighted by molar-refractivity contribution is -0.153. The fraction of sp³-hybridized carbons (Fsp3) is 0.346. The van der Waals surface area contributed by atoms with E-state index in [-0.39, 0.29) is 23.4 Å². The second-order valence-electron chi connectivity index (χ2n) is 9.33. The molecule has 4 aromatic rings. The van der Waals surface area contributed by atoms with Gasteiger partial charge in [0, 0.05) is 30.5 Å². The molecule has 0 radical (unpaired) electrons. The zero-order chi connectivity index (χ0) is 26.9. The van der Waals surface area contributed by atoms with E-state index in [1.54, 1.807) is 42.5 Å². The van der Waals surface area contributed by atoms with E-state index < -0.39 is 23.5 Å². The van der Waals surface area contributed by atoms with Crippen molar-refractivity contribution in [1.29, 1.82) is 0 Å². The van der Waals surface area contributed by atoms with E-state index in [9.17, 15) is 18.0 Å². The summed E-state index contributed by atoms with van der Waals surface area (Å²) in [6, 6.07) is 11.4. The van der Waals surface area contributed by atoms with E-state index >= 15 is 0 Å². The number of anilines is 2. The Labute approximate surface area is 216 Å². The summed E-state index contributed by atoms with van der Waals surface area (Å²) in [5.41, 5.74) is -0.284. The van der Waals surface area contributed by atoms with E-state index in [2.05, 4.69) is 30.3 Å². The molecule has 9 nitrogen and oxygen atoms in total.